The summed E-state index contributed by atoms with van der Waals surface area (Å²) in [6, 6.07) is 20.5. The first kappa shape index (κ1) is 21.5. The molecule has 0 fully saturated rings. The number of carbonyl (C=O) groups is 1. The van der Waals surface area contributed by atoms with E-state index in [-0.39, 0.29) is 11.8 Å². The lowest BCUT2D eigenvalue weighted by atomic mass is 9.83. The molecule has 5 heteroatoms. The molecule has 1 amide bonds. The number of oxime groups is 1. The van der Waals surface area contributed by atoms with Crippen molar-refractivity contribution in [1.82, 2.24) is 10.3 Å². The van der Waals surface area contributed by atoms with Crippen LogP contribution < -0.4 is 5.32 Å². The molecule has 0 spiro atoms. The highest BCUT2D eigenvalue weighted by atomic mass is 16.4. The molecule has 4 rings (SSSR count). The molecule has 32 heavy (non-hydrogen) atoms. The van der Waals surface area contributed by atoms with Crippen LogP contribution in [-0.4, -0.2) is 28.4 Å². The topological polar surface area (TPSA) is 74.6 Å². The van der Waals surface area contributed by atoms with Gasteiger partial charge in [-0.05, 0) is 60.2 Å². The fourth-order valence-electron chi connectivity index (χ4n) is 4.28. The van der Waals surface area contributed by atoms with Gasteiger partial charge in [-0.25, -0.2) is 0 Å². The van der Waals surface area contributed by atoms with Gasteiger partial charge in [0.25, 0.3) is 0 Å². The monoisotopic (exact) mass is 425 g/mol. The minimum absolute atomic E-state index is 0.0215. The van der Waals surface area contributed by atoms with Crippen LogP contribution in [0.3, 0.4) is 0 Å². The number of rotatable bonds is 6. The van der Waals surface area contributed by atoms with Gasteiger partial charge in [0.1, 0.15) is 0 Å². The van der Waals surface area contributed by atoms with Crippen molar-refractivity contribution >= 4 is 17.2 Å². The van der Waals surface area contributed by atoms with E-state index in [1.54, 1.807) is 12.3 Å². The lowest BCUT2D eigenvalue weighted by molar-refractivity contribution is -0.116. The van der Waals surface area contributed by atoms with E-state index < -0.39 is 0 Å². The minimum atomic E-state index is -0.0374. The van der Waals surface area contributed by atoms with Gasteiger partial charge in [0.15, 0.2) is 0 Å². The third-order valence-corrected chi connectivity index (χ3v) is 5.99. The molecule has 2 N–H and O–H groups in total. The lowest BCUT2D eigenvalue weighted by Gasteiger charge is -2.22. The van der Waals surface area contributed by atoms with E-state index in [2.05, 4.69) is 58.8 Å². The number of hydrogen-bond acceptors (Lipinski definition) is 4. The van der Waals surface area contributed by atoms with Crippen LogP contribution in [0.25, 0.3) is 5.57 Å². The van der Waals surface area contributed by atoms with Gasteiger partial charge in [-0.15, -0.1) is 0 Å². The number of nitrogens with zero attached hydrogens (tertiary/aromatic N) is 2. The lowest BCUT2D eigenvalue weighted by Crippen LogP contribution is -2.26. The maximum absolute atomic E-state index is 11.7. The summed E-state index contributed by atoms with van der Waals surface area (Å²) in [5.74, 6) is -0.0159. The molecular weight excluding hydrogens is 398 g/mol. The molecule has 0 unspecified atom stereocenters. The summed E-state index contributed by atoms with van der Waals surface area (Å²) in [5.41, 5.74) is 8.01. The van der Waals surface area contributed by atoms with Gasteiger partial charge in [-0.2, -0.15) is 0 Å². The zero-order valence-electron chi connectivity index (χ0n) is 18.4. The largest absolute Gasteiger partial charge is 0.411 e. The average Bonchev–Trinajstić information content (AvgIpc) is 2.81. The van der Waals surface area contributed by atoms with Gasteiger partial charge < -0.3 is 10.5 Å². The van der Waals surface area contributed by atoms with Crippen LogP contribution in [0, 0.1) is 13.8 Å². The Morgan fingerprint density at radius 2 is 1.91 bits per heavy atom. The maximum atomic E-state index is 11.7. The van der Waals surface area contributed by atoms with Crippen molar-refractivity contribution < 1.29 is 10.0 Å². The van der Waals surface area contributed by atoms with Crippen molar-refractivity contribution in [3.63, 3.8) is 0 Å². The van der Waals surface area contributed by atoms with E-state index in [9.17, 15) is 10.0 Å². The summed E-state index contributed by atoms with van der Waals surface area (Å²) in [6.45, 7) is 4.70. The van der Waals surface area contributed by atoms with Crippen LogP contribution in [0.1, 0.15) is 52.3 Å². The Morgan fingerprint density at radius 3 is 2.59 bits per heavy atom. The molecule has 2 heterocycles. The summed E-state index contributed by atoms with van der Waals surface area (Å²) >= 11 is 0. The predicted molar refractivity (Wildman–Crippen MR) is 127 cm³/mol. The van der Waals surface area contributed by atoms with Crippen molar-refractivity contribution in [2.75, 3.05) is 6.54 Å². The molecule has 0 radical (unpaired) electrons. The molecule has 1 atom stereocenters. The number of hydrogen-bond donors (Lipinski definition) is 2. The zero-order valence-corrected chi connectivity index (χ0v) is 18.4. The first-order valence-electron chi connectivity index (χ1n) is 10.8. The van der Waals surface area contributed by atoms with E-state index in [1.807, 2.05) is 31.2 Å². The van der Waals surface area contributed by atoms with Crippen LogP contribution >= 0.6 is 0 Å². The fraction of sp³-hybridized carbons (Fsp3) is 0.222. The Bertz CT molecular complexity index is 1180. The van der Waals surface area contributed by atoms with Crippen LogP contribution in [0.2, 0.25) is 0 Å². The van der Waals surface area contributed by atoms with E-state index in [0.717, 1.165) is 34.4 Å². The number of aryl methyl sites for hydroxylation is 2. The van der Waals surface area contributed by atoms with Crippen LogP contribution in [0.5, 0.6) is 0 Å². The molecule has 162 valence electrons. The summed E-state index contributed by atoms with van der Waals surface area (Å²) in [6.07, 6.45) is 4.80. The molecule has 1 aliphatic heterocycles. The first-order chi connectivity index (χ1) is 15.5. The summed E-state index contributed by atoms with van der Waals surface area (Å²) < 4.78 is 0. The Labute approximate surface area is 188 Å². The van der Waals surface area contributed by atoms with E-state index in [4.69, 9.17) is 0 Å². The van der Waals surface area contributed by atoms with Crippen molar-refractivity contribution in [2.24, 2.45) is 5.16 Å². The van der Waals surface area contributed by atoms with Gasteiger partial charge >= 0.3 is 0 Å². The minimum Gasteiger partial charge on any atom is -0.411 e. The van der Waals surface area contributed by atoms with Gasteiger partial charge in [-0.1, -0.05) is 53.7 Å². The van der Waals surface area contributed by atoms with Crippen molar-refractivity contribution in [2.45, 2.75) is 32.6 Å². The highest BCUT2D eigenvalue weighted by Crippen LogP contribution is 2.33. The van der Waals surface area contributed by atoms with E-state index >= 15 is 0 Å². The van der Waals surface area contributed by atoms with Gasteiger partial charge in [-0.3, -0.25) is 9.78 Å². The quantitative estimate of drug-likeness (QED) is 0.331. The van der Waals surface area contributed by atoms with Crippen molar-refractivity contribution in [3.8, 4) is 0 Å². The molecule has 1 aliphatic rings. The van der Waals surface area contributed by atoms with Gasteiger partial charge in [0.2, 0.25) is 5.91 Å². The Kier molecular flexibility index (Phi) is 6.45. The second-order valence-corrected chi connectivity index (χ2v) is 8.18. The van der Waals surface area contributed by atoms with Crippen LogP contribution in [-0.2, 0) is 4.79 Å². The SMILES string of the molecule is Cc1cc(C(C[C@H](c2ccc(C3=CC(=O)NCC3)cc2)c2ccccc2C)=NO)ccn1. The number of benzene rings is 2. The molecule has 0 saturated heterocycles. The number of pyridine rings is 1. The average molecular weight is 426 g/mol. The Hall–Kier alpha value is -3.73. The number of carbonyl (C=O) groups excluding carboxylic acids is 1. The maximum Gasteiger partial charge on any atom is 0.244 e. The molecule has 0 bridgehead atoms. The molecule has 1 aromatic heterocycles. The Balaban J connectivity index is 1.70. The fourth-order valence-corrected chi connectivity index (χ4v) is 4.28. The van der Waals surface area contributed by atoms with Crippen LogP contribution in [0.4, 0.5) is 0 Å². The summed E-state index contributed by atoms with van der Waals surface area (Å²) in [7, 11) is 0. The van der Waals surface area contributed by atoms with Crippen LogP contribution in [0.15, 0.2) is 78.1 Å². The second kappa shape index (κ2) is 9.60. The predicted octanol–water partition coefficient (Wildman–Crippen LogP) is 5.00. The highest BCUT2D eigenvalue weighted by Gasteiger charge is 2.21. The summed E-state index contributed by atoms with van der Waals surface area (Å²) in [5, 5.41) is 16.3. The molecular formula is C27H27N3O2. The Morgan fingerprint density at radius 1 is 1.12 bits per heavy atom. The third kappa shape index (κ3) is 4.78. The van der Waals surface area contributed by atoms with Gasteiger partial charge in [0.05, 0.1) is 5.71 Å². The molecule has 2 aromatic carbocycles. The van der Waals surface area contributed by atoms with E-state index in [0.29, 0.717) is 18.7 Å². The molecule has 3 aromatic rings. The molecule has 5 nitrogen and oxygen atoms in total. The molecule has 0 saturated carbocycles. The van der Waals surface area contributed by atoms with Crippen molar-refractivity contribution in [3.05, 3.63) is 106 Å². The second-order valence-electron chi connectivity index (χ2n) is 8.18. The summed E-state index contributed by atoms with van der Waals surface area (Å²) in [4.78, 5) is 16.0. The number of aromatic nitrogens is 1. The number of amides is 1. The van der Waals surface area contributed by atoms with E-state index in [1.165, 1.54) is 11.1 Å². The standard InChI is InChI=1S/C27H27N3O2/c1-18-5-3-4-6-24(18)25(17-26(30-32)23-12-13-28-19(2)15-23)21-9-7-20(8-10-21)22-11-14-29-27(31)16-22/h3-10,12-13,15-16,25,32H,11,14,17H2,1-2H3,(H,29,31)/t25-/m1/s1. The highest BCUT2D eigenvalue weighted by molar-refractivity contribution is 6.01. The first-order valence-corrected chi connectivity index (χ1v) is 10.8. The normalized spacial score (nSPS) is 15.1. The molecule has 0 aliphatic carbocycles. The number of nitrogens with one attached hydrogen (secondary N) is 1. The van der Waals surface area contributed by atoms with Gasteiger partial charge in [0, 0.05) is 42.4 Å². The zero-order chi connectivity index (χ0) is 22.5. The van der Waals surface area contributed by atoms with Crippen molar-refractivity contribution in [1.29, 1.82) is 0 Å². The third-order valence-electron chi connectivity index (χ3n) is 5.99. The smallest absolute Gasteiger partial charge is 0.244 e.